The summed E-state index contributed by atoms with van der Waals surface area (Å²) in [4.78, 5) is 0. The zero-order valence-corrected chi connectivity index (χ0v) is 20.6. The molecule has 0 aromatic heterocycles. The molecule has 5 atom stereocenters. The van der Waals surface area contributed by atoms with E-state index in [1.54, 1.807) is 11.1 Å². The minimum absolute atomic E-state index is 0.696. The fourth-order valence-electron chi connectivity index (χ4n) is 8.04. The molecule has 2 N–H and O–H groups in total. The van der Waals surface area contributed by atoms with Gasteiger partial charge in [0.1, 0.15) is 0 Å². The molecule has 4 saturated heterocycles. The number of hydrogen-bond acceptors (Lipinski definition) is 2. The van der Waals surface area contributed by atoms with E-state index < -0.39 is 0 Å². The Morgan fingerprint density at radius 1 is 0.743 bits per heavy atom. The molecule has 6 aliphatic rings. The molecule has 4 aliphatic heterocycles. The van der Waals surface area contributed by atoms with E-state index in [9.17, 15) is 0 Å². The summed E-state index contributed by atoms with van der Waals surface area (Å²) in [5, 5.41) is 13.3. The van der Waals surface area contributed by atoms with Crippen LogP contribution in [0.5, 0.6) is 0 Å². The van der Waals surface area contributed by atoms with Crippen molar-refractivity contribution in [3.63, 3.8) is 0 Å². The summed E-state index contributed by atoms with van der Waals surface area (Å²) in [6.45, 7) is 3.47. The second kappa shape index (κ2) is 7.66. The van der Waals surface area contributed by atoms with Gasteiger partial charge >= 0.3 is 0 Å². The van der Waals surface area contributed by atoms with Gasteiger partial charge in [0.05, 0.1) is 0 Å². The van der Waals surface area contributed by atoms with Crippen molar-refractivity contribution >= 4 is 21.5 Å². The number of benzene rings is 4. The lowest BCUT2D eigenvalue weighted by atomic mass is 9.69. The predicted molar refractivity (Wildman–Crippen MR) is 145 cm³/mol. The van der Waals surface area contributed by atoms with Crippen molar-refractivity contribution in [1.29, 1.82) is 0 Å². The Labute approximate surface area is 208 Å². The summed E-state index contributed by atoms with van der Waals surface area (Å²) in [5.41, 5.74) is 7.42. The molecule has 0 amide bonds. The molecule has 6 fully saturated rings. The molecule has 4 aromatic carbocycles. The van der Waals surface area contributed by atoms with Crippen LogP contribution < -0.4 is 10.6 Å². The summed E-state index contributed by atoms with van der Waals surface area (Å²) >= 11 is 0. The molecule has 2 aliphatic carbocycles. The van der Waals surface area contributed by atoms with Crippen molar-refractivity contribution in [3.8, 4) is 0 Å². The van der Waals surface area contributed by atoms with E-state index in [1.165, 1.54) is 70.5 Å². The molecule has 5 unspecified atom stereocenters. The van der Waals surface area contributed by atoms with Gasteiger partial charge in [-0.25, -0.2) is 0 Å². The smallest absolute Gasteiger partial charge is 0.0143 e. The standard InChI is InChI=1S/C33H34N2/c1-19-6-9-30(33-23-16-32(33)34-18-23)29-10-7-20(13-31(19)29)12-21-8-11-27(28-5-3-2-4-26(21)28)22-14-24-17-25(15-22)35-24/h2-11,13,22-25,32-35H,12,14-18H2,1H3. The van der Waals surface area contributed by atoms with Crippen LogP contribution in [0.25, 0.3) is 21.5 Å². The highest BCUT2D eigenvalue weighted by Gasteiger charge is 2.47. The summed E-state index contributed by atoms with van der Waals surface area (Å²) in [6, 6.07) is 28.3. The third kappa shape index (κ3) is 3.16. The molecule has 10 rings (SSSR count). The van der Waals surface area contributed by atoms with Gasteiger partial charge in [-0.15, -0.1) is 0 Å². The third-order valence-electron chi connectivity index (χ3n) is 9.89. The van der Waals surface area contributed by atoms with E-state index in [2.05, 4.69) is 84.3 Å². The van der Waals surface area contributed by atoms with Crippen LogP contribution in [0.15, 0.2) is 66.7 Å². The first kappa shape index (κ1) is 20.5. The van der Waals surface area contributed by atoms with Crippen LogP contribution in [-0.4, -0.2) is 24.7 Å². The van der Waals surface area contributed by atoms with Gasteiger partial charge in [-0.05, 0) is 107 Å². The van der Waals surface area contributed by atoms with Crippen molar-refractivity contribution in [2.24, 2.45) is 5.92 Å². The van der Waals surface area contributed by atoms with Gasteiger partial charge in [-0.3, -0.25) is 0 Å². The van der Waals surface area contributed by atoms with Gasteiger partial charge in [0.15, 0.2) is 0 Å². The van der Waals surface area contributed by atoms with Crippen molar-refractivity contribution in [1.82, 2.24) is 10.6 Å². The Morgan fingerprint density at radius 2 is 1.51 bits per heavy atom. The Hall–Kier alpha value is -2.68. The maximum absolute atomic E-state index is 3.71. The van der Waals surface area contributed by atoms with Gasteiger partial charge in [0.2, 0.25) is 0 Å². The number of fused-ring (bicyclic) bond motifs is 5. The molecule has 2 heteroatoms. The topological polar surface area (TPSA) is 24.1 Å². The van der Waals surface area contributed by atoms with Gasteiger partial charge in [0, 0.05) is 24.0 Å². The van der Waals surface area contributed by atoms with Crippen LogP contribution in [0.3, 0.4) is 0 Å². The quantitative estimate of drug-likeness (QED) is 0.361. The average Bonchev–Trinajstić information content (AvgIpc) is 3.52. The predicted octanol–water partition coefficient (Wildman–Crippen LogP) is 6.58. The van der Waals surface area contributed by atoms with Crippen LogP contribution in [0.4, 0.5) is 0 Å². The van der Waals surface area contributed by atoms with E-state index in [4.69, 9.17) is 0 Å². The number of piperidine rings is 1. The van der Waals surface area contributed by atoms with E-state index in [0.29, 0.717) is 17.9 Å². The number of nitrogens with one attached hydrogen (secondary N) is 2. The van der Waals surface area contributed by atoms with Crippen LogP contribution in [0.1, 0.15) is 65.3 Å². The zero-order chi connectivity index (χ0) is 23.1. The summed E-state index contributed by atoms with van der Waals surface area (Å²) < 4.78 is 0. The maximum atomic E-state index is 3.71. The largest absolute Gasteiger partial charge is 0.313 e. The lowest BCUT2D eigenvalue weighted by molar-refractivity contribution is 0.162. The molecular formula is C33H34N2. The van der Waals surface area contributed by atoms with Gasteiger partial charge in [0.25, 0.3) is 0 Å². The molecule has 4 bridgehead atoms. The van der Waals surface area contributed by atoms with Crippen LogP contribution >= 0.6 is 0 Å². The van der Waals surface area contributed by atoms with Crippen molar-refractivity contribution in [2.75, 3.05) is 6.54 Å². The first-order chi connectivity index (χ1) is 17.2. The molecule has 0 radical (unpaired) electrons. The van der Waals surface area contributed by atoms with Crippen molar-refractivity contribution in [3.05, 3.63) is 94.5 Å². The maximum Gasteiger partial charge on any atom is 0.0143 e. The molecular weight excluding hydrogens is 424 g/mol. The fourth-order valence-corrected chi connectivity index (χ4v) is 8.04. The number of aryl methyl sites for hydroxylation is 1. The summed E-state index contributed by atoms with van der Waals surface area (Å²) in [5.74, 6) is 2.25. The van der Waals surface area contributed by atoms with Crippen molar-refractivity contribution < 1.29 is 0 Å². The van der Waals surface area contributed by atoms with Crippen LogP contribution in [0.2, 0.25) is 0 Å². The number of hydrogen-bond donors (Lipinski definition) is 2. The first-order valence-corrected chi connectivity index (χ1v) is 13.7. The second-order valence-corrected chi connectivity index (χ2v) is 11.9. The van der Waals surface area contributed by atoms with Gasteiger partial charge in [-0.2, -0.15) is 0 Å². The minimum Gasteiger partial charge on any atom is -0.313 e. The first-order valence-electron chi connectivity index (χ1n) is 13.7. The summed E-state index contributed by atoms with van der Waals surface area (Å²) in [6.07, 6.45) is 6.33. The normalized spacial score (nSPS) is 30.9. The zero-order valence-electron chi connectivity index (χ0n) is 20.6. The lowest BCUT2D eigenvalue weighted by Gasteiger charge is -2.47. The van der Waals surface area contributed by atoms with Crippen LogP contribution in [0, 0.1) is 12.8 Å². The highest BCUT2D eigenvalue weighted by Crippen LogP contribution is 2.49. The van der Waals surface area contributed by atoms with Gasteiger partial charge < -0.3 is 10.6 Å². The summed E-state index contributed by atoms with van der Waals surface area (Å²) in [7, 11) is 0. The minimum atomic E-state index is 0.696. The molecule has 2 nitrogen and oxygen atoms in total. The SMILES string of the molecule is Cc1ccc(C2C3CNC2C3)c2ccc(Cc3ccc(C4CC5CC(C4)N5)c4ccccc34)cc12. The van der Waals surface area contributed by atoms with E-state index in [-0.39, 0.29) is 0 Å². The Bertz CT molecular complexity index is 1440. The molecule has 0 spiro atoms. The van der Waals surface area contributed by atoms with Crippen molar-refractivity contribution in [2.45, 2.75) is 69.0 Å². The highest BCUT2D eigenvalue weighted by atomic mass is 15.0. The molecule has 35 heavy (non-hydrogen) atoms. The second-order valence-electron chi connectivity index (χ2n) is 11.9. The van der Waals surface area contributed by atoms with Crippen LogP contribution in [-0.2, 0) is 6.42 Å². The molecule has 4 heterocycles. The molecule has 4 aromatic rings. The Kier molecular flexibility index (Phi) is 4.49. The lowest BCUT2D eigenvalue weighted by Crippen LogP contribution is -2.57. The number of rotatable bonds is 4. The monoisotopic (exact) mass is 458 g/mol. The fraction of sp³-hybridized carbons (Fsp3) is 0.394. The Balaban J connectivity index is 1.16. The van der Waals surface area contributed by atoms with E-state index >= 15 is 0 Å². The van der Waals surface area contributed by atoms with Gasteiger partial charge in [-0.1, -0.05) is 66.7 Å². The molecule has 2 saturated carbocycles. The highest BCUT2D eigenvalue weighted by molar-refractivity contribution is 5.91. The van der Waals surface area contributed by atoms with E-state index in [0.717, 1.165) is 24.4 Å². The Morgan fingerprint density at radius 3 is 2.29 bits per heavy atom. The average molecular weight is 459 g/mol. The van der Waals surface area contributed by atoms with E-state index in [1.807, 2.05) is 0 Å². The third-order valence-corrected chi connectivity index (χ3v) is 9.89. The molecule has 176 valence electrons.